The maximum Gasteiger partial charge on any atom is 0.237 e. The maximum atomic E-state index is 11.9. The fourth-order valence-electron chi connectivity index (χ4n) is 2.16. The molecule has 98 valence electrons. The number of nitrogens with one attached hydrogen (secondary N) is 1. The van der Waals surface area contributed by atoms with E-state index in [1.165, 1.54) is 0 Å². The SMILES string of the molecule is CC(C)NC(=O)C(C)N1CCCC(C(N)=S)C1. The normalized spacial score (nSPS) is 23.4. The summed E-state index contributed by atoms with van der Waals surface area (Å²) in [4.78, 5) is 14.7. The molecular weight excluding hydrogens is 234 g/mol. The third-order valence-corrected chi connectivity index (χ3v) is 3.55. The van der Waals surface area contributed by atoms with Crippen molar-refractivity contribution in [1.82, 2.24) is 10.2 Å². The van der Waals surface area contributed by atoms with Crippen LogP contribution >= 0.6 is 12.2 Å². The average Bonchev–Trinajstić information content (AvgIpc) is 2.27. The van der Waals surface area contributed by atoms with Gasteiger partial charge in [0.15, 0.2) is 0 Å². The molecule has 0 spiro atoms. The second kappa shape index (κ2) is 6.31. The van der Waals surface area contributed by atoms with Crippen molar-refractivity contribution in [1.29, 1.82) is 0 Å². The van der Waals surface area contributed by atoms with E-state index in [4.69, 9.17) is 18.0 Å². The number of rotatable bonds is 4. The van der Waals surface area contributed by atoms with Gasteiger partial charge in [-0.1, -0.05) is 12.2 Å². The molecule has 5 heteroatoms. The first-order valence-corrected chi connectivity index (χ1v) is 6.66. The Kier molecular flexibility index (Phi) is 5.33. The van der Waals surface area contributed by atoms with E-state index < -0.39 is 0 Å². The average molecular weight is 257 g/mol. The lowest BCUT2D eigenvalue weighted by atomic mass is 9.97. The Morgan fingerprint density at radius 2 is 2.12 bits per heavy atom. The van der Waals surface area contributed by atoms with Crippen molar-refractivity contribution in [3.8, 4) is 0 Å². The minimum atomic E-state index is -0.102. The van der Waals surface area contributed by atoms with Gasteiger partial charge in [-0.2, -0.15) is 0 Å². The number of carbonyl (C=O) groups is 1. The second-order valence-corrected chi connectivity index (χ2v) is 5.55. The van der Waals surface area contributed by atoms with Crippen LogP contribution in [-0.4, -0.2) is 41.0 Å². The van der Waals surface area contributed by atoms with Gasteiger partial charge in [-0.3, -0.25) is 9.69 Å². The summed E-state index contributed by atoms with van der Waals surface area (Å²) in [5, 5.41) is 2.94. The number of nitrogens with two attached hydrogens (primary N) is 1. The molecule has 1 rings (SSSR count). The highest BCUT2D eigenvalue weighted by molar-refractivity contribution is 7.80. The third-order valence-electron chi connectivity index (χ3n) is 3.21. The number of likely N-dealkylation sites (tertiary alicyclic amines) is 1. The van der Waals surface area contributed by atoms with Crippen molar-refractivity contribution in [2.75, 3.05) is 13.1 Å². The number of carbonyl (C=O) groups excluding carboxylic acids is 1. The Morgan fingerprint density at radius 3 is 2.65 bits per heavy atom. The summed E-state index contributed by atoms with van der Waals surface area (Å²) in [6.07, 6.45) is 2.10. The summed E-state index contributed by atoms with van der Waals surface area (Å²) in [6, 6.07) is 0.0793. The summed E-state index contributed by atoms with van der Waals surface area (Å²) in [7, 11) is 0. The molecule has 0 saturated carbocycles. The molecule has 0 radical (unpaired) electrons. The van der Waals surface area contributed by atoms with Gasteiger partial charge in [0.25, 0.3) is 0 Å². The van der Waals surface area contributed by atoms with E-state index in [2.05, 4.69) is 10.2 Å². The molecule has 1 saturated heterocycles. The Balaban J connectivity index is 2.54. The number of hydrogen-bond acceptors (Lipinski definition) is 3. The lowest BCUT2D eigenvalue weighted by Gasteiger charge is -2.35. The molecule has 0 aromatic carbocycles. The second-order valence-electron chi connectivity index (χ2n) is 5.08. The highest BCUT2D eigenvalue weighted by Gasteiger charge is 2.28. The summed E-state index contributed by atoms with van der Waals surface area (Å²) in [5.41, 5.74) is 5.69. The predicted octanol–water partition coefficient (Wildman–Crippen LogP) is 0.898. The number of amides is 1. The molecular formula is C12H23N3OS. The molecule has 1 amide bonds. The monoisotopic (exact) mass is 257 g/mol. The van der Waals surface area contributed by atoms with Gasteiger partial charge in [-0.25, -0.2) is 0 Å². The van der Waals surface area contributed by atoms with Gasteiger partial charge in [-0.05, 0) is 40.2 Å². The van der Waals surface area contributed by atoms with Crippen LogP contribution in [0.15, 0.2) is 0 Å². The summed E-state index contributed by atoms with van der Waals surface area (Å²) in [6.45, 7) is 7.64. The van der Waals surface area contributed by atoms with E-state index in [-0.39, 0.29) is 23.9 Å². The van der Waals surface area contributed by atoms with Crippen molar-refractivity contribution in [2.24, 2.45) is 11.7 Å². The number of piperidine rings is 1. The van der Waals surface area contributed by atoms with Crippen LogP contribution < -0.4 is 11.1 Å². The Morgan fingerprint density at radius 1 is 1.47 bits per heavy atom. The van der Waals surface area contributed by atoms with Gasteiger partial charge in [0.2, 0.25) is 5.91 Å². The molecule has 0 bridgehead atoms. The zero-order chi connectivity index (χ0) is 13.0. The molecule has 0 aliphatic carbocycles. The highest BCUT2D eigenvalue weighted by atomic mass is 32.1. The van der Waals surface area contributed by atoms with Gasteiger partial charge in [0, 0.05) is 18.5 Å². The molecule has 0 aromatic rings. The van der Waals surface area contributed by atoms with E-state index in [0.717, 1.165) is 25.9 Å². The first-order chi connectivity index (χ1) is 7.91. The highest BCUT2D eigenvalue weighted by Crippen LogP contribution is 2.18. The quantitative estimate of drug-likeness (QED) is 0.735. The fourth-order valence-corrected chi connectivity index (χ4v) is 2.35. The molecule has 0 aromatic heterocycles. The minimum Gasteiger partial charge on any atom is -0.393 e. The van der Waals surface area contributed by atoms with Crippen LogP contribution in [0.2, 0.25) is 0 Å². The zero-order valence-corrected chi connectivity index (χ0v) is 11.7. The first-order valence-electron chi connectivity index (χ1n) is 6.25. The molecule has 1 fully saturated rings. The summed E-state index contributed by atoms with van der Waals surface area (Å²) >= 11 is 5.04. The summed E-state index contributed by atoms with van der Waals surface area (Å²) in [5.74, 6) is 0.344. The molecule has 1 heterocycles. The number of hydrogen-bond donors (Lipinski definition) is 2. The van der Waals surface area contributed by atoms with E-state index in [0.29, 0.717) is 4.99 Å². The zero-order valence-electron chi connectivity index (χ0n) is 10.9. The van der Waals surface area contributed by atoms with Crippen LogP contribution in [0, 0.1) is 5.92 Å². The lowest BCUT2D eigenvalue weighted by molar-refractivity contribution is -0.126. The fraction of sp³-hybridized carbons (Fsp3) is 0.833. The molecule has 1 aliphatic heterocycles. The van der Waals surface area contributed by atoms with Gasteiger partial charge in [-0.15, -0.1) is 0 Å². The number of nitrogens with zero attached hydrogens (tertiary/aromatic N) is 1. The molecule has 2 atom stereocenters. The van der Waals surface area contributed by atoms with Crippen LogP contribution in [0.1, 0.15) is 33.6 Å². The largest absolute Gasteiger partial charge is 0.393 e. The predicted molar refractivity (Wildman–Crippen MR) is 73.8 cm³/mol. The number of thiocarbonyl (C=S) groups is 1. The topological polar surface area (TPSA) is 58.4 Å². The van der Waals surface area contributed by atoms with Crippen LogP contribution in [-0.2, 0) is 4.79 Å². The van der Waals surface area contributed by atoms with Crippen molar-refractivity contribution in [3.63, 3.8) is 0 Å². The minimum absolute atomic E-state index is 0.0867. The lowest BCUT2D eigenvalue weighted by Crippen LogP contribution is -2.51. The van der Waals surface area contributed by atoms with E-state index in [9.17, 15) is 4.79 Å². The Labute approximate surface area is 109 Å². The Bertz CT molecular complexity index is 293. The van der Waals surface area contributed by atoms with E-state index in [1.807, 2.05) is 20.8 Å². The van der Waals surface area contributed by atoms with Crippen LogP contribution in [0.5, 0.6) is 0 Å². The van der Waals surface area contributed by atoms with Gasteiger partial charge in [0.05, 0.1) is 11.0 Å². The molecule has 2 unspecified atom stereocenters. The van der Waals surface area contributed by atoms with E-state index in [1.54, 1.807) is 0 Å². The third kappa shape index (κ3) is 4.24. The van der Waals surface area contributed by atoms with Crippen molar-refractivity contribution in [2.45, 2.75) is 45.7 Å². The van der Waals surface area contributed by atoms with Crippen molar-refractivity contribution < 1.29 is 4.79 Å². The van der Waals surface area contributed by atoms with Gasteiger partial charge < -0.3 is 11.1 Å². The smallest absolute Gasteiger partial charge is 0.237 e. The van der Waals surface area contributed by atoms with Crippen LogP contribution in [0.4, 0.5) is 0 Å². The van der Waals surface area contributed by atoms with Crippen LogP contribution in [0.3, 0.4) is 0 Å². The standard InChI is InChI=1S/C12H23N3OS/c1-8(2)14-12(16)9(3)15-6-4-5-10(7-15)11(13)17/h8-10H,4-7H2,1-3H3,(H2,13,17)(H,14,16). The van der Waals surface area contributed by atoms with Crippen LogP contribution in [0.25, 0.3) is 0 Å². The maximum absolute atomic E-state index is 11.9. The van der Waals surface area contributed by atoms with Crippen molar-refractivity contribution in [3.05, 3.63) is 0 Å². The molecule has 4 nitrogen and oxygen atoms in total. The van der Waals surface area contributed by atoms with E-state index >= 15 is 0 Å². The van der Waals surface area contributed by atoms with Gasteiger partial charge in [0.1, 0.15) is 0 Å². The Hall–Kier alpha value is -0.680. The summed E-state index contributed by atoms with van der Waals surface area (Å²) < 4.78 is 0. The first kappa shape index (κ1) is 14.4. The molecule has 17 heavy (non-hydrogen) atoms. The molecule has 3 N–H and O–H groups in total. The molecule has 1 aliphatic rings. The van der Waals surface area contributed by atoms with Crippen molar-refractivity contribution >= 4 is 23.1 Å². The van der Waals surface area contributed by atoms with Gasteiger partial charge >= 0.3 is 0 Å².